The van der Waals surface area contributed by atoms with Crippen molar-refractivity contribution in [3.05, 3.63) is 81.6 Å². The number of nitriles is 1. The van der Waals surface area contributed by atoms with E-state index in [-0.39, 0.29) is 23.8 Å². The van der Waals surface area contributed by atoms with Gasteiger partial charge in [-0.15, -0.1) is 0 Å². The first-order chi connectivity index (χ1) is 17.1. The second-order valence-electron chi connectivity index (χ2n) is 8.51. The molecule has 4 rings (SSSR count). The fourth-order valence-corrected chi connectivity index (χ4v) is 4.78. The number of hydrogen-bond donors (Lipinski definition) is 0. The molecule has 1 saturated heterocycles. The summed E-state index contributed by atoms with van der Waals surface area (Å²) in [4.78, 5) is 20.8. The van der Waals surface area contributed by atoms with Crippen molar-refractivity contribution < 1.29 is 21.8 Å². The number of carbonyl (C=O) groups is 1. The number of hydrogen-bond acceptors (Lipinski definition) is 7. The molecule has 0 aliphatic carbocycles. The van der Waals surface area contributed by atoms with E-state index in [1.165, 1.54) is 12.1 Å². The third-order valence-electron chi connectivity index (χ3n) is 5.71. The van der Waals surface area contributed by atoms with Crippen LogP contribution in [0.5, 0.6) is 5.75 Å². The molecule has 0 radical (unpaired) electrons. The van der Waals surface area contributed by atoms with E-state index in [9.17, 15) is 17.6 Å². The molecule has 36 heavy (non-hydrogen) atoms. The molecule has 3 aromatic rings. The van der Waals surface area contributed by atoms with Gasteiger partial charge < -0.3 is 13.7 Å². The standard InChI is InChI=1S/C24H23BrFN5O4S/c1-36(33,34)35-21-4-5-22(25)19(9-21)13-30-7-6-29(15-24(30)32)14-20-11-28-16-31(20)12-17-2-3-18(10-27)23(26)8-17/h2-5,8-9,11,16H,6-7,12-15H2,1H3. The largest absolute Gasteiger partial charge is 0.383 e. The van der Waals surface area contributed by atoms with Crippen LogP contribution in [0.3, 0.4) is 0 Å². The summed E-state index contributed by atoms with van der Waals surface area (Å²) in [5.74, 6) is -0.418. The highest BCUT2D eigenvalue weighted by Crippen LogP contribution is 2.25. The van der Waals surface area contributed by atoms with Gasteiger partial charge in [-0.2, -0.15) is 13.7 Å². The summed E-state index contributed by atoms with van der Waals surface area (Å²) in [6.07, 6.45) is 4.36. The summed E-state index contributed by atoms with van der Waals surface area (Å²) in [5.41, 5.74) is 2.34. The highest BCUT2D eigenvalue weighted by Gasteiger charge is 2.25. The Bertz CT molecular complexity index is 1440. The Morgan fingerprint density at radius 2 is 1.97 bits per heavy atom. The second-order valence-corrected chi connectivity index (χ2v) is 10.9. The maximum Gasteiger partial charge on any atom is 0.306 e. The SMILES string of the molecule is CS(=O)(=O)Oc1ccc(Br)c(CN2CCN(Cc3cncn3Cc3ccc(C#N)c(F)c3)CC2=O)c1. The first-order valence-electron chi connectivity index (χ1n) is 11.0. The van der Waals surface area contributed by atoms with Gasteiger partial charge in [-0.1, -0.05) is 22.0 Å². The second kappa shape index (κ2) is 10.8. The minimum absolute atomic E-state index is 0.00247. The number of halogens is 2. The Kier molecular flexibility index (Phi) is 7.73. The monoisotopic (exact) mass is 575 g/mol. The number of benzene rings is 2. The van der Waals surface area contributed by atoms with Gasteiger partial charge in [-0.05, 0) is 41.5 Å². The Labute approximate surface area is 217 Å². The van der Waals surface area contributed by atoms with Gasteiger partial charge in [0, 0.05) is 43.4 Å². The van der Waals surface area contributed by atoms with Gasteiger partial charge in [0.15, 0.2) is 0 Å². The molecule has 1 fully saturated rings. The summed E-state index contributed by atoms with van der Waals surface area (Å²) in [7, 11) is -3.65. The van der Waals surface area contributed by atoms with E-state index in [2.05, 4.69) is 20.9 Å². The number of aromatic nitrogens is 2. The number of nitrogens with zero attached hydrogens (tertiary/aromatic N) is 5. The first-order valence-corrected chi connectivity index (χ1v) is 13.6. The molecule has 9 nitrogen and oxygen atoms in total. The van der Waals surface area contributed by atoms with Crippen LogP contribution in [0.4, 0.5) is 4.39 Å². The summed E-state index contributed by atoms with van der Waals surface area (Å²) in [6, 6.07) is 11.2. The van der Waals surface area contributed by atoms with Crippen molar-refractivity contribution in [1.29, 1.82) is 5.26 Å². The lowest BCUT2D eigenvalue weighted by atomic mass is 10.1. The van der Waals surface area contributed by atoms with Crippen LogP contribution in [0.2, 0.25) is 0 Å². The van der Waals surface area contributed by atoms with Gasteiger partial charge in [-0.3, -0.25) is 9.69 Å². The van der Waals surface area contributed by atoms with Gasteiger partial charge in [0.2, 0.25) is 5.91 Å². The molecule has 0 atom stereocenters. The summed E-state index contributed by atoms with van der Waals surface area (Å²) in [6.45, 7) is 2.56. The topological polar surface area (TPSA) is 109 Å². The van der Waals surface area contributed by atoms with Crippen LogP contribution in [0.25, 0.3) is 0 Å². The van der Waals surface area contributed by atoms with E-state index in [0.717, 1.165) is 22.0 Å². The molecule has 1 aromatic heterocycles. The quantitative estimate of drug-likeness (QED) is 0.380. The zero-order valence-electron chi connectivity index (χ0n) is 19.4. The van der Waals surface area contributed by atoms with E-state index < -0.39 is 15.9 Å². The normalized spacial score (nSPS) is 14.6. The number of amides is 1. The molecule has 1 aliphatic rings. The molecule has 2 heterocycles. The van der Waals surface area contributed by atoms with Crippen molar-refractivity contribution in [3.63, 3.8) is 0 Å². The lowest BCUT2D eigenvalue weighted by Gasteiger charge is -2.34. The average molecular weight is 576 g/mol. The van der Waals surface area contributed by atoms with Crippen molar-refractivity contribution >= 4 is 32.0 Å². The van der Waals surface area contributed by atoms with Crippen LogP contribution in [-0.2, 0) is 34.5 Å². The van der Waals surface area contributed by atoms with E-state index >= 15 is 0 Å². The molecule has 1 amide bonds. The number of imidazole rings is 1. The van der Waals surface area contributed by atoms with Gasteiger partial charge in [0.25, 0.3) is 0 Å². The third-order valence-corrected chi connectivity index (χ3v) is 6.98. The number of carbonyl (C=O) groups excluding carboxylic acids is 1. The molecule has 0 unspecified atom stereocenters. The molecular weight excluding hydrogens is 553 g/mol. The van der Waals surface area contributed by atoms with Crippen LogP contribution >= 0.6 is 15.9 Å². The molecule has 2 aromatic carbocycles. The maximum absolute atomic E-state index is 14.0. The fraction of sp³-hybridized carbons (Fsp3) is 0.292. The highest BCUT2D eigenvalue weighted by molar-refractivity contribution is 9.10. The van der Waals surface area contributed by atoms with Gasteiger partial charge >= 0.3 is 10.1 Å². The Hall–Kier alpha value is -3.27. The lowest BCUT2D eigenvalue weighted by Crippen LogP contribution is -2.49. The summed E-state index contributed by atoms with van der Waals surface area (Å²) >= 11 is 3.45. The lowest BCUT2D eigenvalue weighted by molar-refractivity contribution is -0.136. The van der Waals surface area contributed by atoms with Crippen LogP contribution in [0.1, 0.15) is 22.4 Å². The van der Waals surface area contributed by atoms with Crippen molar-refractivity contribution in [1.82, 2.24) is 19.4 Å². The molecular formula is C24H23BrFN5O4S. The number of piperazine rings is 1. The van der Waals surface area contributed by atoms with Gasteiger partial charge in [0.05, 0.1) is 30.4 Å². The van der Waals surface area contributed by atoms with Crippen molar-refractivity contribution in [2.75, 3.05) is 25.9 Å². The fourth-order valence-electron chi connectivity index (χ4n) is 3.96. The average Bonchev–Trinajstić information content (AvgIpc) is 3.23. The molecule has 1 aliphatic heterocycles. The van der Waals surface area contributed by atoms with Crippen molar-refractivity contribution in [2.24, 2.45) is 0 Å². The van der Waals surface area contributed by atoms with Crippen LogP contribution < -0.4 is 4.18 Å². The Morgan fingerprint density at radius 1 is 1.17 bits per heavy atom. The molecule has 188 valence electrons. The van der Waals surface area contributed by atoms with Gasteiger partial charge in [-0.25, -0.2) is 9.37 Å². The van der Waals surface area contributed by atoms with Crippen molar-refractivity contribution in [2.45, 2.75) is 19.6 Å². The van der Waals surface area contributed by atoms with Crippen molar-refractivity contribution in [3.8, 4) is 11.8 Å². The van der Waals surface area contributed by atoms with Crippen LogP contribution in [0.15, 0.2) is 53.4 Å². The zero-order chi connectivity index (χ0) is 25.9. The molecule has 0 N–H and O–H groups in total. The summed E-state index contributed by atoms with van der Waals surface area (Å²) in [5, 5.41) is 8.91. The van der Waals surface area contributed by atoms with E-state index in [1.807, 2.05) is 15.5 Å². The molecule has 12 heteroatoms. The third kappa shape index (κ3) is 6.48. The van der Waals surface area contributed by atoms with E-state index in [1.54, 1.807) is 41.7 Å². The Morgan fingerprint density at radius 3 is 2.67 bits per heavy atom. The van der Waals surface area contributed by atoms with Crippen LogP contribution in [0, 0.1) is 17.1 Å². The predicted molar refractivity (Wildman–Crippen MR) is 133 cm³/mol. The highest BCUT2D eigenvalue weighted by atomic mass is 79.9. The number of rotatable bonds is 8. The molecule has 0 saturated carbocycles. The molecule has 0 bridgehead atoms. The smallest absolute Gasteiger partial charge is 0.306 e. The summed E-state index contributed by atoms with van der Waals surface area (Å²) < 4.78 is 44.4. The van der Waals surface area contributed by atoms with Gasteiger partial charge in [0.1, 0.15) is 17.6 Å². The van der Waals surface area contributed by atoms with E-state index in [4.69, 9.17) is 9.44 Å². The Balaban J connectivity index is 1.38. The zero-order valence-corrected chi connectivity index (χ0v) is 21.8. The predicted octanol–water partition coefficient (Wildman–Crippen LogP) is 2.89. The minimum Gasteiger partial charge on any atom is -0.383 e. The first kappa shape index (κ1) is 25.8. The van der Waals surface area contributed by atoms with Crippen LogP contribution in [-0.4, -0.2) is 59.6 Å². The van der Waals surface area contributed by atoms with E-state index in [0.29, 0.717) is 38.3 Å². The maximum atomic E-state index is 14.0. The molecule has 0 spiro atoms. The minimum atomic E-state index is -3.65.